The fourth-order valence-electron chi connectivity index (χ4n) is 2.87. The lowest BCUT2D eigenvalue weighted by atomic mass is 9.93. The molecule has 3 nitrogen and oxygen atoms in total. The van der Waals surface area contributed by atoms with E-state index in [9.17, 15) is 9.90 Å². The first-order chi connectivity index (χ1) is 10.2. The number of hydrogen-bond acceptors (Lipinski definition) is 2. The van der Waals surface area contributed by atoms with Crippen molar-refractivity contribution in [3.05, 3.63) is 64.7 Å². The number of fused-ring (bicyclic) bond motifs is 1. The molecule has 0 aliphatic heterocycles. The number of hydrogen-bond donors (Lipinski definition) is 2. The maximum absolute atomic E-state index is 11.2. The molecule has 1 aliphatic rings. The van der Waals surface area contributed by atoms with Gasteiger partial charge in [0.15, 0.2) is 0 Å². The molecule has 106 valence electrons. The van der Waals surface area contributed by atoms with Gasteiger partial charge in [-0.05, 0) is 40.9 Å². The summed E-state index contributed by atoms with van der Waals surface area (Å²) < 4.78 is 0. The van der Waals surface area contributed by atoms with Crippen LogP contribution in [0, 0.1) is 0 Å². The van der Waals surface area contributed by atoms with E-state index in [-0.39, 0.29) is 0 Å². The van der Waals surface area contributed by atoms with Gasteiger partial charge in [0, 0.05) is 18.5 Å². The second-order valence-electron chi connectivity index (χ2n) is 5.22. The summed E-state index contributed by atoms with van der Waals surface area (Å²) in [7, 11) is 1.93. The molecular weight excluding hydrogens is 262 g/mol. The van der Waals surface area contributed by atoms with Crippen LogP contribution < -0.4 is 5.32 Å². The van der Waals surface area contributed by atoms with E-state index in [1.807, 2.05) is 37.4 Å². The highest BCUT2D eigenvalue weighted by Gasteiger charge is 2.21. The van der Waals surface area contributed by atoms with Crippen molar-refractivity contribution in [3.63, 3.8) is 0 Å². The molecule has 3 rings (SSSR count). The van der Waals surface area contributed by atoms with E-state index < -0.39 is 5.97 Å². The Bertz CT molecular complexity index is 732. The Morgan fingerprint density at radius 3 is 2.67 bits per heavy atom. The van der Waals surface area contributed by atoms with E-state index in [0.29, 0.717) is 12.0 Å². The summed E-state index contributed by atoms with van der Waals surface area (Å²) in [6.07, 6.45) is 2.32. The quantitative estimate of drug-likeness (QED) is 0.904. The van der Waals surface area contributed by atoms with Gasteiger partial charge in [0.05, 0.1) is 0 Å². The first kappa shape index (κ1) is 13.6. The average molecular weight is 279 g/mol. The maximum atomic E-state index is 11.2. The summed E-state index contributed by atoms with van der Waals surface area (Å²) in [6.45, 7) is 0.787. The van der Waals surface area contributed by atoms with Crippen LogP contribution in [0.3, 0.4) is 0 Å². The third-order valence-corrected chi connectivity index (χ3v) is 3.85. The fraction of sp³-hybridized carbons (Fsp3) is 0.167. The molecule has 21 heavy (non-hydrogen) atoms. The van der Waals surface area contributed by atoms with Gasteiger partial charge in [0.2, 0.25) is 0 Å². The average Bonchev–Trinajstić information content (AvgIpc) is 2.92. The lowest BCUT2D eigenvalue weighted by molar-refractivity contribution is -0.132. The summed E-state index contributed by atoms with van der Waals surface area (Å²) in [5, 5.41) is 12.4. The van der Waals surface area contributed by atoms with Crippen LogP contribution in [0.4, 0.5) is 0 Å². The van der Waals surface area contributed by atoms with E-state index >= 15 is 0 Å². The largest absolute Gasteiger partial charge is 0.478 e. The third kappa shape index (κ3) is 2.48. The molecular formula is C18H17NO2. The third-order valence-electron chi connectivity index (χ3n) is 3.85. The fourth-order valence-corrected chi connectivity index (χ4v) is 2.87. The number of rotatable bonds is 4. The Labute approximate surface area is 123 Å². The number of benzene rings is 2. The maximum Gasteiger partial charge on any atom is 0.331 e. The van der Waals surface area contributed by atoms with E-state index in [4.69, 9.17) is 0 Å². The number of nitrogens with one attached hydrogen (secondary N) is 1. The van der Waals surface area contributed by atoms with E-state index in [1.165, 1.54) is 5.56 Å². The normalized spacial score (nSPS) is 12.9. The first-order valence-corrected chi connectivity index (χ1v) is 6.99. The molecule has 0 aromatic heterocycles. The van der Waals surface area contributed by atoms with Crippen molar-refractivity contribution in [3.8, 4) is 11.1 Å². The molecule has 0 bridgehead atoms. The standard InChI is InChI=1S/C18H17NO2/c1-19-11-13-5-2-3-7-15(13)16-8-4-6-12-9-14(18(20)21)10-17(12)16/h2-8,10,19H,9,11H2,1H3,(H,20,21). The Morgan fingerprint density at radius 2 is 1.90 bits per heavy atom. The lowest BCUT2D eigenvalue weighted by Crippen LogP contribution is -2.06. The second kappa shape index (κ2) is 5.54. The van der Waals surface area contributed by atoms with Crippen molar-refractivity contribution < 1.29 is 9.90 Å². The summed E-state index contributed by atoms with van der Waals surface area (Å²) >= 11 is 0. The summed E-state index contributed by atoms with van der Waals surface area (Å²) in [6, 6.07) is 14.3. The highest BCUT2D eigenvalue weighted by molar-refractivity contribution is 5.97. The summed E-state index contributed by atoms with van der Waals surface area (Å²) in [4.78, 5) is 11.2. The minimum Gasteiger partial charge on any atom is -0.478 e. The zero-order chi connectivity index (χ0) is 14.8. The minimum atomic E-state index is -0.833. The van der Waals surface area contributed by atoms with Crippen LogP contribution in [0.5, 0.6) is 0 Å². The Morgan fingerprint density at radius 1 is 1.14 bits per heavy atom. The van der Waals surface area contributed by atoms with Gasteiger partial charge < -0.3 is 10.4 Å². The predicted octanol–water partition coefficient (Wildman–Crippen LogP) is 3.10. The molecule has 0 amide bonds. The molecule has 0 radical (unpaired) electrons. The van der Waals surface area contributed by atoms with Crippen LogP contribution in [0.2, 0.25) is 0 Å². The van der Waals surface area contributed by atoms with Gasteiger partial charge in [-0.25, -0.2) is 4.79 Å². The van der Waals surface area contributed by atoms with Crippen molar-refractivity contribution in [2.75, 3.05) is 7.05 Å². The zero-order valence-corrected chi connectivity index (χ0v) is 11.9. The molecule has 1 aliphatic carbocycles. The summed E-state index contributed by atoms with van der Waals surface area (Å²) in [5.74, 6) is -0.833. The molecule has 0 fully saturated rings. The second-order valence-corrected chi connectivity index (χ2v) is 5.22. The highest BCUT2D eigenvalue weighted by atomic mass is 16.4. The molecule has 0 saturated carbocycles. The van der Waals surface area contributed by atoms with Gasteiger partial charge in [-0.1, -0.05) is 42.5 Å². The Balaban J connectivity index is 2.14. The summed E-state index contributed by atoms with van der Waals surface area (Å²) in [5.41, 5.74) is 6.07. The van der Waals surface area contributed by atoms with Crippen LogP contribution in [-0.4, -0.2) is 18.1 Å². The van der Waals surface area contributed by atoms with Gasteiger partial charge >= 0.3 is 5.97 Å². The van der Waals surface area contributed by atoms with Gasteiger partial charge in [0.1, 0.15) is 0 Å². The van der Waals surface area contributed by atoms with Gasteiger partial charge in [0.25, 0.3) is 0 Å². The van der Waals surface area contributed by atoms with Gasteiger partial charge in [-0.3, -0.25) is 0 Å². The highest BCUT2D eigenvalue weighted by Crippen LogP contribution is 2.35. The molecule has 0 unspecified atom stereocenters. The number of carboxylic acid groups (broad SMARTS) is 1. The van der Waals surface area contributed by atoms with Crippen molar-refractivity contribution in [1.29, 1.82) is 0 Å². The molecule has 0 heterocycles. The van der Waals surface area contributed by atoms with Crippen LogP contribution >= 0.6 is 0 Å². The van der Waals surface area contributed by atoms with Crippen LogP contribution in [0.25, 0.3) is 17.2 Å². The van der Waals surface area contributed by atoms with E-state index in [1.54, 1.807) is 0 Å². The topological polar surface area (TPSA) is 49.3 Å². The van der Waals surface area contributed by atoms with Crippen molar-refractivity contribution in [1.82, 2.24) is 5.32 Å². The van der Waals surface area contributed by atoms with Crippen molar-refractivity contribution in [2.45, 2.75) is 13.0 Å². The van der Waals surface area contributed by atoms with Crippen molar-refractivity contribution in [2.24, 2.45) is 0 Å². The van der Waals surface area contributed by atoms with Gasteiger partial charge in [-0.15, -0.1) is 0 Å². The van der Waals surface area contributed by atoms with Crippen LogP contribution in [0.15, 0.2) is 48.0 Å². The predicted molar refractivity (Wildman–Crippen MR) is 84.0 cm³/mol. The van der Waals surface area contributed by atoms with E-state index in [2.05, 4.69) is 23.5 Å². The number of carboxylic acids is 1. The van der Waals surface area contributed by atoms with Gasteiger partial charge in [-0.2, -0.15) is 0 Å². The minimum absolute atomic E-state index is 0.462. The number of carbonyl (C=O) groups is 1. The molecule has 3 heteroatoms. The number of aliphatic carboxylic acids is 1. The SMILES string of the molecule is CNCc1ccccc1-c1cccc2c1C=C(C(=O)O)C2. The first-order valence-electron chi connectivity index (χ1n) is 6.99. The Hall–Kier alpha value is -2.39. The Kier molecular flexibility index (Phi) is 3.59. The molecule has 0 spiro atoms. The molecule has 2 aromatic rings. The zero-order valence-electron chi connectivity index (χ0n) is 11.9. The molecule has 2 aromatic carbocycles. The van der Waals surface area contributed by atoms with Crippen molar-refractivity contribution >= 4 is 12.0 Å². The van der Waals surface area contributed by atoms with Crippen LogP contribution in [-0.2, 0) is 17.8 Å². The van der Waals surface area contributed by atoms with E-state index in [0.717, 1.165) is 28.8 Å². The monoisotopic (exact) mass is 279 g/mol. The molecule has 0 saturated heterocycles. The lowest BCUT2D eigenvalue weighted by Gasteiger charge is -2.12. The van der Waals surface area contributed by atoms with Crippen LogP contribution in [0.1, 0.15) is 16.7 Å². The molecule has 0 atom stereocenters. The molecule has 2 N–H and O–H groups in total. The smallest absolute Gasteiger partial charge is 0.331 e.